The summed E-state index contributed by atoms with van der Waals surface area (Å²) >= 11 is 9.60. The van der Waals surface area contributed by atoms with E-state index in [-0.39, 0.29) is 35.4 Å². The molecule has 1 N–H and O–H groups in total. The maximum absolute atomic E-state index is 14.4. The fourth-order valence-electron chi connectivity index (χ4n) is 3.59. The predicted molar refractivity (Wildman–Crippen MR) is 132 cm³/mol. The summed E-state index contributed by atoms with van der Waals surface area (Å²) in [7, 11) is 0. The molecule has 4 nitrogen and oxygen atoms in total. The van der Waals surface area contributed by atoms with E-state index in [2.05, 4.69) is 21.2 Å². The average molecular weight is 532 g/mol. The zero-order chi connectivity index (χ0) is 23.8. The van der Waals surface area contributed by atoms with Crippen LogP contribution in [0.5, 0.6) is 0 Å². The van der Waals surface area contributed by atoms with Crippen LogP contribution in [-0.4, -0.2) is 29.3 Å². The Bertz CT molecular complexity index is 1070. The van der Waals surface area contributed by atoms with Crippen LogP contribution in [0.4, 0.5) is 4.39 Å². The molecule has 2 amide bonds. The highest BCUT2D eigenvalue weighted by molar-refractivity contribution is 9.10. The van der Waals surface area contributed by atoms with Crippen LogP contribution in [0.1, 0.15) is 23.6 Å². The number of halogens is 3. The van der Waals surface area contributed by atoms with Crippen molar-refractivity contribution in [3.63, 3.8) is 0 Å². The van der Waals surface area contributed by atoms with Crippen LogP contribution in [0.2, 0.25) is 5.02 Å². The molecule has 0 fully saturated rings. The van der Waals surface area contributed by atoms with E-state index in [1.165, 1.54) is 17.0 Å². The van der Waals surface area contributed by atoms with Gasteiger partial charge in [-0.15, -0.1) is 0 Å². The van der Waals surface area contributed by atoms with E-state index in [1.54, 1.807) is 6.07 Å². The second-order valence-corrected chi connectivity index (χ2v) is 8.95. The van der Waals surface area contributed by atoms with Crippen molar-refractivity contribution in [3.8, 4) is 0 Å². The summed E-state index contributed by atoms with van der Waals surface area (Å²) in [4.78, 5) is 28.2. The highest BCUT2D eigenvalue weighted by Gasteiger charge is 2.31. The molecule has 33 heavy (non-hydrogen) atoms. The molecular weight excluding hydrogens is 507 g/mol. The van der Waals surface area contributed by atoms with Crippen molar-refractivity contribution in [3.05, 3.63) is 105 Å². The largest absolute Gasteiger partial charge is 0.355 e. The SMILES string of the molecule is CCNC(=O)[C@H](Cc1ccccc1)N(Cc1ccc(Br)cc1)C(=O)Cc1c(F)cccc1Cl. The van der Waals surface area contributed by atoms with Crippen LogP contribution < -0.4 is 5.32 Å². The minimum absolute atomic E-state index is 0.124. The maximum Gasteiger partial charge on any atom is 0.243 e. The van der Waals surface area contributed by atoms with Gasteiger partial charge < -0.3 is 10.2 Å². The van der Waals surface area contributed by atoms with Crippen molar-refractivity contribution in [2.75, 3.05) is 6.54 Å². The topological polar surface area (TPSA) is 49.4 Å². The molecule has 0 aromatic heterocycles. The molecule has 0 aliphatic carbocycles. The maximum atomic E-state index is 14.4. The average Bonchev–Trinajstić information content (AvgIpc) is 2.80. The van der Waals surface area contributed by atoms with Gasteiger partial charge in [-0.2, -0.15) is 0 Å². The molecule has 0 aliphatic heterocycles. The van der Waals surface area contributed by atoms with Crippen LogP contribution in [0, 0.1) is 5.82 Å². The number of rotatable bonds is 9. The van der Waals surface area contributed by atoms with E-state index in [4.69, 9.17) is 11.6 Å². The molecule has 172 valence electrons. The number of carbonyl (C=O) groups is 2. The first-order valence-electron chi connectivity index (χ1n) is 10.7. The van der Waals surface area contributed by atoms with Gasteiger partial charge in [0.25, 0.3) is 0 Å². The van der Waals surface area contributed by atoms with Gasteiger partial charge in [-0.05, 0) is 42.3 Å². The van der Waals surface area contributed by atoms with Crippen molar-refractivity contribution in [2.45, 2.75) is 32.4 Å². The van der Waals surface area contributed by atoms with Crippen LogP contribution in [0.25, 0.3) is 0 Å². The van der Waals surface area contributed by atoms with Gasteiger partial charge in [-0.3, -0.25) is 9.59 Å². The number of nitrogens with zero attached hydrogens (tertiary/aromatic N) is 1. The molecule has 0 aliphatic rings. The summed E-state index contributed by atoms with van der Waals surface area (Å²) in [5, 5.41) is 3.03. The monoisotopic (exact) mass is 530 g/mol. The highest BCUT2D eigenvalue weighted by atomic mass is 79.9. The van der Waals surface area contributed by atoms with Gasteiger partial charge >= 0.3 is 0 Å². The van der Waals surface area contributed by atoms with Gasteiger partial charge in [0.05, 0.1) is 6.42 Å². The van der Waals surface area contributed by atoms with Crippen molar-refractivity contribution >= 4 is 39.3 Å². The van der Waals surface area contributed by atoms with Crippen LogP contribution in [0.15, 0.2) is 77.3 Å². The van der Waals surface area contributed by atoms with Gasteiger partial charge in [0.1, 0.15) is 11.9 Å². The molecule has 1 atom stereocenters. The Labute approximate surface area is 206 Å². The second-order valence-electron chi connectivity index (χ2n) is 7.63. The molecule has 7 heteroatoms. The standard InChI is InChI=1S/C26H25BrClFN2O2/c1-2-30-26(33)24(15-18-7-4-3-5-8-18)31(17-19-11-13-20(27)14-12-19)25(32)16-21-22(28)9-6-10-23(21)29/h3-14,24H,2,15-17H2,1H3,(H,30,33)/t24-/m0/s1. The quantitative estimate of drug-likeness (QED) is 0.393. The summed E-state index contributed by atoms with van der Waals surface area (Å²) in [6.07, 6.45) is 0.0900. The summed E-state index contributed by atoms with van der Waals surface area (Å²) in [6.45, 7) is 2.47. The van der Waals surface area contributed by atoms with Crippen molar-refractivity contribution < 1.29 is 14.0 Å². The van der Waals surface area contributed by atoms with E-state index < -0.39 is 11.9 Å². The Morgan fingerprint density at radius 2 is 1.70 bits per heavy atom. The number of benzene rings is 3. The number of hydrogen-bond acceptors (Lipinski definition) is 2. The molecule has 0 saturated carbocycles. The first-order valence-corrected chi connectivity index (χ1v) is 11.8. The molecule has 3 aromatic rings. The Morgan fingerprint density at radius 1 is 1.00 bits per heavy atom. The fraction of sp³-hybridized carbons (Fsp3) is 0.231. The third-order valence-corrected chi connectivity index (χ3v) is 6.16. The number of likely N-dealkylation sites (N-methyl/N-ethyl adjacent to an activating group) is 1. The molecule has 3 aromatic carbocycles. The fourth-order valence-corrected chi connectivity index (χ4v) is 4.08. The van der Waals surface area contributed by atoms with E-state index >= 15 is 0 Å². The lowest BCUT2D eigenvalue weighted by Crippen LogP contribution is -2.51. The van der Waals surface area contributed by atoms with Gasteiger partial charge in [0.2, 0.25) is 11.8 Å². The second kappa shape index (κ2) is 12.0. The summed E-state index contributed by atoms with van der Waals surface area (Å²) < 4.78 is 15.3. The number of hydrogen-bond donors (Lipinski definition) is 1. The molecule has 0 heterocycles. The molecule has 0 spiro atoms. The van der Waals surface area contributed by atoms with Crippen molar-refractivity contribution in [2.24, 2.45) is 0 Å². The van der Waals surface area contributed by atoms with E-state index in [0.29, 0.717) is 13.0 Å². The van der Waals surface area contributed by atoms with Crippen LogP contribution in [-0.2, 0) is 29.0 Å². The van der Waals surface area contributed by atoms with Crippen LogP contribution in [0.3, 0.4) is 0 Å². The molecular formula is C26H25BrClFN2O2. The first kappa shape index (κ1) is 24.9. The normalized spacial score (nSPS) is 11.6. The summed E-state index contributed by atoms with van der Waals surface area (Å²) in [5.74, 6) is -1.18. The third-order valence-electron chi connectivity index (χ3n) is 5.28. The van der Waals surface area contributed by atoms with Gasteiger partial charge in [0.15, 0.2) is 0 Å². The van der Waals surface area contributed by atoms with E-state index in [9.17, 15) is 14.0 Å². The van der Waals surface area contributed by atoms with E-state index in [1.807, 2.05) is 61.5 Å². The van der Waals surface area contributed by atoms with Crippen molar-refractivity contribution in [1.29, 1.82) is 0 Å². The number of carbonyl (C=O) groups excluding carboxylic acids is 2. The van der Waals surface area contributed by atoms with Crippen molar-refractivity contribution in [1.82, 2.24) is 10.2 Å². The zero-order valence-electron chi connectivity index (χ0n) is 18.2. The Kier molecular flexibility index (Phi) is 9.03. The Balaban J connectivity index is 1.98. The molecule has 0 bridgehead atoms. The predicted octanol–water partition coefficient (Wildman–Crippen LogP) is 5.56. The van der Waals surface area contributed by atoms with Gasteiger partial charge in [-0.25, -0.2) is 4.39 Å². The van der Waals surface area contributed by atoms with E-state index in [0.717, 1.165) is 15.6 Å². The molecule has 0 saturated heterocycles. The van der Waals surface area contributed by atoms with Gasteiger partial charge in [0, 0.05) is 34.6 Å². The lowest BCUT2D eigenvalue weighted by Gasteiger charge is -2.31. The summed E-state index contributed by atoms with van der Waals surface area (Å²) in [5.41, 5.74) is 1.90. The number of amides is 2. The first-order chi connectivity index (χ1) is 15.9. The Morgan fingerprint density at radius 3 is 2.33 bits per heavy atom. The zero-order valence-corrected chi connectivity index (χ0v) is 20.6. The molecule has 0 unspecified atom stereocenters. The Hall–Kier alpha value is -2.70. The highest BCUT2D eigenvalue weighted by Crippen LogP contribution is 2.23. The lowest BCUT2D eigenvalue weighted by molar-refractivity contribution is -0.140. The smallest absolute Gasteiger partial charge is 0.243 e. The minimum Gasteiger partial charge on any atom is -0.355 e. The number of nitrogens with one attached hydrogen (secondary N) is 1. The minimum atomic E-state index is -0.769. The molecule has 0 radical (unpaired) electrons. The van der Waals surface area contributed by atoms with Gasteiger partial charge in [-0.1, -0.05) is 76.1 Å². The lowest BCUT2D eigenvalue weighted by atomic mass is 10.0. The molecule has 3 rings (SSSR count). The third kappa shape index (κ3) is 6.89. The van der Waals surface area contributed by atoms with Crippen LogP contribution >= 0.6 is 27.5 Å². The summed E-state index contributed by atoms with van der Waals surface area (Å²) in [6, 6.07) is 20.6.